The molecule has 0 unspecified atom stereocenters. The van der Waals surface area contributed by atoms with Crippen LogP contribution in [0.2, 0.25) is 0 Å². The van der Waals surface area contributed by atoms with Crippen LogP contribution in [0, 0.1) is 0 Å². The van der Waals surface area contributed by atoms with Gasteiger partial charge >= 0.3 is 0 Å². The number of anilines is 1. The van der Waals surface area contributed by atoms with E-state index >= 15 is 0 Å². The molecule has 1 aliphatic heterocycles. The van der Waals surface area contributed by atoms with Crippen LogP contribution in [-0.2, 0) is 4.79 Å². The Labute approximate surface area is 128 Å². The lowest BCUT2D eigenvalue weighted by molar-refractivity contribution is -0.110. The Morgan fingerprint density at radius 3 is 2.19 bits per heavy atom. The fraction of sp³-hybridized carbons (Fsp3) is 0.526. The summed E-state index contributed by atoms with van der Waals surface area (Å²) in [6, 6.07) is 8.07. The van der Waals surface area contributed by atoms with Crippen LogP contribution in [0.3, 0.4) is 0 Å². The fourth-order valence-electron chi connectivity index (χ4n) is 3.02. The molecule has 0 bridgehead atoms. The molecule has 1 aromatic carbocycles. The molecule has 0 atom stereocenters. The van der Waals surface area contributed by atoms with Gasteiger partial charge in [0.05, 0.1) is 0 Å². The lowest BCUT2D eigenvalue weighted by atomic mass is 9.93. The maximum atomic E-state index is 12.4. The molecule has 0 saturated carbocycles. The summed E-state index contributed by atoms with van der Waals surface area (Å²) in [5.41, 5.74) is 4.39. The number of unbranched alkanes of at least 4 members (excludes halogenated alkanes) is 4. The number of allylic oxidation sites excluding steroid dienone is 1. The first kappa shape index (κ1) is 15.8. The Balaban J connectivity index is 2.25. The quantitative estimate of drug-likeness (QED) is 0.492. The first-order valence-electron chi connectivity index (χ1n) is 8.40. The SMILES string of the molecule is CCCCCC(CCCCC)=C1C(=O)Nc2ccccc21. The molecule has 0 spiro atoms. The third-order valence-corrected chi connectivity index (χ3v) is 4.19. The molecule has 2 nitrogen and oxygen atoms in total. The molecule has 0 radical (unpaired) electrons. The molecular weight excluding hydrogens is 258 g/mol. The van der Waals surface area contributed by atoms with Crippen LogP contribution >= 0.6 is 0 Å². The van der Waals surface area contributed by atoms with E-state index in [0.29, 0.717) is 0 Å². The van der Waals surface area contributed by atoms with E-state index in [1.807, 2.05) is 18.2 Å². The highest BCUT2D eigenvalue weighted by Gasteiger charge is 2.26. The van der Waals surface area contributed by atoms with Crippen molar-refractivity contribution in [2.24, 2.45) is 0 Å². The summed E-state index contributed by atoms with van der Waals surface area (Å²) in [7, 11) is 0. The van der Waals surface area contributed by atoms with Crippen LogP contribution < -0.4 is 5.32 Å². The van der Waals surface area contributed by atoms with Crippen molar-refractivity contribution in [2.45, 2.75) is 65.2 Å². The van der Waals surface area contributed by atoms with Gasteiger partial charge < -0.3 is 5.32 Å². The highest BCUT2D eigenvalue weighted by atomic mass is 16.2. The predicted molar refractivity (Wildman–Crippen MR) is 90.3 cm³/mol. The fourth-order valence-corrected chi connectivity index (χ4v) is 3.02. The number of carbonyl (C=O) groups excluding carboxylic acids is 1. The first-order valence-corrected chi connectivity index (χ1v) is 8.40. The average Bonchev–Trinajstić information content (AvgIpc) is 2.82. The zero-order chi connectivity index (χ0) is 15.1. The van der Waals surface area contributed by atoms with Crippen molar-refractivity contribution in [3.8, 4) is 0 Å². The van der Waals surface area contributed by atoms with Crippen molar-refractivity contribution in [1.29, 1.82) is 0 Å². The Morgan fingerprint density at radius 1 is 0.952 bits per heavy atom. The summed E-state index contributed by atoms with van der Waals surface area (Å²) in [4.78, 5) is 12.4. The molecule has 114 valence electrons. The first-order chi connectivity index (χ1) is 10.3. The summed E-state index contributed by atoms with van der Waals surface area (Å²) in [6.45, 7) is 4.45. The lowest BCUT2D eigenvalue weighted by Gasteiger charge is -2.11. The molecule has 2 heteroatoms. The van der Waals surface area contributed by atoms with Crippen molar-refractivity contribution in [3.05, 3.63) is 35.4 Å². The molecule has 1 aromatic rings. The van der Waals surface area contributed by atoms with Gasteiger partial charge in [-0.1, -0.05) is 63.3 Å². The van der Waals surface area contributed by atoms with Crippen LogP contribution in [0.25, 0.3) is 5.57 Å². The number of nitrogens with one attached hydrogen (secondary N) is 1. The van der Waals surface area contributed by atoms with Crippen molar-refractivity contribution in [2.75, 3.05) is 5.32 Å². The van der Waals surface area contributed by atoms with Gasteiger partial charge in [-0.05, 0) is 31.7 Å². The number of fused-ring (bicyclic) bond motifs is 1. The van der Waals surface area contributed by atoms with Crippen molar-refractivity contribution < 1.29 is 4.79 Å². The molecule has 2 rings (SSSR count). The number of para-hydroxylation sites is 1. The smallest absolute Gasteiger partial charge is 0.256 e. The van der Waals surface area contributed by atoms with Gasteiger partial charge in [-0.3, -0.25) is 4.79 Å². The standard InChI is InChI=1S/C19H27NO/c1-3-5-7-11-15(12-8-6-4-2)18-16-13-9-10-14-17(16)20-19(18)21/h9-10,13-14H,3-8,11-12H2,1-2H3,(H,20,21). The molecule has 1 amide bonds. The Morgan fingerprint density at radius 2 is 1.57 bits per heavy atom. The molecule has 1 N–H and O–H groups in total. The molecular formula is C19H27NO. The van der Waals surface area contributed by atoms with E-state index in [4.69, 9.17) is 0 Å². The molecule has 1 heterocycles. The van der Waals surface area contributed by atoms with E-state index in [-0.39, 0.29) is 5.91 Å². The van der Waals surface area contributed by atoms with E-state index in [0.717, 1.165) is 29.7 Å². The minimum Gasteiger partial charge on any atom is -0.321 e. The topological polar surface area (TPSA) is 29.1 Å². The van der Waals surface area contributed by atoms with Gasteiger partial charge in [0.1, 0.15) is 0 Å². The second kappa shape index (κ2) is 8.02. The maximum Gasteiger partial charge on any atom is 0.256 e. The van der Waals surface area contributed by atoms with Gasteiger partial charge in [-0.15, -0.1) is 0 Å². The zero-order valence-corrected chi connectivity index (χ0v) is 13.4. The average molecular weight is 285 g/mol. The van der Waals surface area contributed by atoms with Crippen LogP contribution in [-0.4, -0.2) is 5.91 Å². The van der Waals surface area contributed by atoms with Crippen molar-refractivity contribution in [3.63, 3.8) is 0 Å². The van der Waals surface area contributed by atoms with Crippen LogP contribution in [0.4, 0.5) is 5.69 Å². The van der Waals surface area contributed by atoms with Gasteiger partial charge in [0.2, 0.25) is 0 Å². The lowest BCUT2D eigenvalue weighted by Crippen LogP contribution is -2.06. The number of benzene rings is 1. The summed E-state index contributed by atoms with van der Waals surface area (Å²) < 4.78 is 0. The molecule has 0 fully saturated rings. The Kier molecular flexibility index (Phi) is 6.04. The number of hydrogen-bond acceptors (Lipinski definition) is 1. The second-order valence-electron chi connectivity index (χ2n) is 5.89. The minimum absolute atomic E-state index is 0.0965. The third kappa shape index (κ3) is 3.96. The normalized spacial score (nSPS) is 13.2. The van der Waals surface area contributed by atoms with Crippen LogP contribution in [0.15, 0.2) is 29.8 Å². The number of rotatable bonds is 8. The van der Waals surface area contributed by atoms with Gasteiger partial charge in [0, 0.05) is 16.8 Å². The van der Waals surface area contributed by atoms with Crippen LogP contribution in [0.5, 0.6) is 0 Å². The molecule has 1 aliphatic rings. The van der Waals surface area contributed by atoms with E-state index in [1.165, 1.54) is 44.1 Å². The van der Waals surface area contributed by atoms with Crippen LogP contribution in [0.1, 0.15) is 70.8 Å². The Bertz CT molecular complexity index is 504. The number of carbonyl (C=O) groups is 1. The molecule has 21 heavy (non-hydrogen) atoms. The van der Waals surface area contributed by atoms with Gasteiger partial charge in [0.25, 0.3) is 5.91 Å². The summed E-state index contributed by atoms with van der Waals surface area (Å²) in [5, 5.41) is 3.01. The van der Waals surface area contributed by atoms with Crippen molar-refractivity contribution >= 4 is 17.2 Å². The summed E-state index contributed by atoms with van der Waals surface area (Å²) >= 11 is 0. The predicted octanol–water partition coefficient (Wildman–Crippen LogP) is 5.55. The highest BCUT2D eigenvalue weighted by Crippen LogP contribution is 2.36. The highest BCUT2D eigenvalue weighted by molar-refractivity contribution is 6.32. The molecule has 0 aliphatic carbocycles. The van der Waals surface area contributed by atoms with Gasteiger partial charge in [-0.25, -0.2) is 0 Å². The van der Waals surface area contributed by atoms with E-state index in [1.54, 1.807) is 0 Å². The third-order valence-electron chi connectivity index (χ3n) is 4.19. The second-order valence-corrected chi connectivity index (χ2v) is 5.89. The van der Waals surface area contributed by atoms with Gasteiger partial charge in [-0.2, -0.15) is 0 Å². The zero-order valence-electron chi connectivity index (χ0n) is 13.4. The van der Waals surface area contributed by atoms with E-state index in [9.17, 15) is 4.79 Å². The largest absolute Gasteiger partial charge is 0.321 e. The number of hydrogen-bond donors (Lipinski definition) is 1. The van der Waals surface area contributed by atoms with E-state index < -0.39 is 0 Å². The van der Waals surface area contributed by atoms with E-state index in [2.05, 4.69) is 25.2 Å². The summed E-state index contributed by atoms with van der Waals surface area (Å²) in [6.07, 6.45) is 9.44. The van der Waals surface area contributed by atoms with Crippen molar-refractivity contribution in [1.82, 2.24) is 0 Å². The van der Waals surface area contributed by atoms with Gasteiger partial charge in [0.15, 0.2) is 0 Å². The molecule has 0 saturated heterocycles. The Hall–Kier alpha value is -1.57. The summed E-state index contributed by atoms with van der Waals surface area (Å²) in [5.74, 6) is 0.0965. The number of amides is 1. The molecule has 0 aromatic heterocycles. The maximum absolute atomic E-state index is 12.4. The monoisotopic (exact) mass is 285 g/mol. The minimum atomic E-state index is 0.0965.